The highest BCUT2D eigenvalue weighted by atomic mass is 79.9. The van der Waals surface area contributed by atoms with Gasteiger partial charge in [-0.25, -0.2) is 0 Å². The maximum absolute atomic E-state index is 3.46. The zero-order valence-electron chi connectivity index (χ0n) is 8.78. The minimum absolute atomic E-state index is 1.08. The lowest BCUT2D eigenvalue weighted by atomic mass is 10.0. The first kappa shape index (κ1) is 9.86. The van der Waals surface area contributed by atoms with E-state index in [9.17, 15) is 0 Å². The Kier molecular flexibility index (Phi) is 2.41. The molecule has 78 valence electrons. The molecule has 0 aliphatic heterocycles. The lowest BCUT2D eigenvalue weighted by molar-refractivity contribution is 1.31. The molecule has 1 aliphatic carbocycles. The van der Waals surface area contributed by atoms with E-state index in [-0.39, 0.29) is 0 Å². The molecule has 0 aromatic heterocycles. The van der Waals surface area contributed by atoms with Crippen LogP contribution in [0.4, 0.5) is 0 Å². The summed E-state index contributed by atoms with van der Waals surface area (Å²) >= 11 is 3.46. The van der Waals surface area contributed by atoms with Crippen molar-refractivity contribution in [3.8, 4) is 11.1 Å². The third kappa shape index (κ3) is 1.72. The molecule has 16 heavy (non-hydrogen) atoms. The summed E-state index contributed by atoms with van der Waals surface area (Å²) in [4.78, 5) is 0. The Morgan fingerprint density at radius 2 is 1.62 bits per heavy atom. The Labute approximate surface area is 104 Å². The van der Waals surface area contributed by atoms with Crippen molar-refractivity contribution in [3.63, 3.8) is 0 Å². The van der Waals surface area contributed by atoms with E-state index >= 15 is 0 Å². The molecule has 0 amide bonds. The molecule has 0 heterocycles. The molecule has 0 fully saturated rings. The molecule has 0 saturated heterocycles. The van der Waals surface area contributed by atoms with E-state index in [1.165, 1.54) is 22.3 Å². The van der Waals surface area contributed by atoms with Crippen LogP contribution in [0, 0.1) is 0 Å². The Bertz CT molecular complexity index is 550. The number of benzene rings is 2. The van der Waals surface area contributed by atoms with E-state index in [0.29, 0.717) is 0 Å². The van der Waals surface area contributed by atoms with Gasteiger partial charge in [-0.15, -0.1) is 0 Å². The molecule has 0 nitrogen and oxygen atoms in total. The van der Waals surface area contributed by atoms with Crippen molar-refractivity contribution in [2.75, 3.05) is 0 Å². The maximum Gasteiger partial charge on any atom is 0.0175 e. The van der Waals surface area contributed by atoms with E-state index < -0.39 is 0 Å². The maximum atomic E-state index is 3.46. The van der Waals surface area contributed by atoms with Crippen molar-refractivity contribution in [1.29, 1.82) is 0 Å². The number of halogens is 1. The fourth-order valence-corrected chi connectivity index (χ4v) is 2.34. The molecule has 1 aliphatic rings. The van der Waals surface area contributed by atoms with Crippen LogP contribution in [0.5, 0.6) is 0 Å². The quantitative estimate of drug-likeness (QED) is 0.706. The van der Waals surface area contributed by atoms with Crippen molar-refractivity contribution in [3.05, 3.63) is 64.1 Å². The molecule has 0 N–H and O–H groups in total. The Morgan fingerprint density at radius 1 is 0.875 bits per heavy atom. The summed E-state index contributed by atoms with van der Waals surface area (Å²) in [7, 11) is 0. The van der Waals surface area contributed by atoms with Gasteiger partial charge in [0.05, 0.1) is 0 Å². The standard InChI is InChI=1S/C15H11Br/c16-15-8-6-12(7-9-15)14-5-4-11-2-1-3-13(11)10-14/h1,3-10H,2H2. The first-order chi connectivity index (χ1) is 7.83. The summed E-state index contributed by atoms with van der Waals surface area (Å²) in [6, 6.07) is 15.1. The summed E-state index contributed by atoms with van der Waals surface area (Å²) < 4.78 is 1.12. The van der Waals surface area contributed by atoms with Crippen LogP contribution in [0.1, 0.15) is 11.1 Å². The molecule has 0 saturated carbocycles. The summed E-state index contributed by atoms with van der Waals surface area (Å²) in [6.07, 6.45) is 5.50. The van der Waals surface area contributed by atoms with Gasteiger partial charge in [-0.1, -0.05) is 52.3 Å². The Balaban J connectivity index is 2.07. The van der Waals surface area contributed by atoms with Gasteiger partial charge >= 0.3 is 0 Å². The predicted octanol–water partition coefficient (Wildman–Crippen LogP) is 4.69. The monoisotopic (exact) mass is 270 g/mol. The van der Waals surface area contributed by atoms with Gasteiger partial charge in [0.2, 0.25) is 0 Å². The smallest absolute Gasteiger partial charge is 0.0175 e. The highest BCUT2D eigenvalue weighted by Crippen LogP contribution is 2.27. The average molecular weight is 271 g/mol. The van der Waals surface area contributed by atoms with E-state index in [4.69, 9.17) is 0 Å². The lowest BCUT2D eigenvalue weighted by Crippen LogP contribution is -1.83. The van der Waals surface area contributed by atoms with E-state index in [1.54, 1.807) is 0 Å². The van der Waals surface area contributed by atoms with Gasteiger partial charge < -0.3 is 0 Å². The number of rotatable bonds is 1. The Hall–Kier alpha value is -1.34. The third-order valence-electron chi connectivity index (χ3n) is 2.96. The van der Waals surface area contributed by atoms with Crippen LogP contribution in [0.3, 0.4) is 0 Å². The first-order valence-electron chi connectivity index (χ1n) is 5.38. The van der Waals surface area contributed by atoms with Crippen LogP contribution in [0.2, 0.25) is 0 Å². The summed E-state index contributed by atoms with van der Waals surface area (Å²) in [6.45, 7) is 0. The molecule has 1 heteroatoms. The molecule has 0 bridgehead atoms. The molecule has 0 spiro atoms. The van der Waals surface area contributed by atoms with Gasteiger partial charge in [-0.2, -0.15) is 0 Å². The first-order valence-corrected chi connectivity index (χ1v) is 6.18. The van der Waals surface area contributed by atoms with Gasteiger partial charge in [-0.05, 0) is 46.9 Å². The van der Waals surface area contributed by atoms with Crippen LogP contribution in [-0.2, 0) is 6.42 Å². The van der Waals surface area contributed by atoms with Gasteiger partial charge in [-0.3, -0.25) is 0 Å². The van der Waals surface area contributed by atoms with Crippen molar-refractivity contribution >= 4 is 22.0 Å². The van der Waals surface area contributed by atoms with Gasteiger partial charge in [0.25, 0.3) is 0 Å². The molecule has 0 unspecified atom stereocenters. The number of hydrogen-bond acceptors (Lipinski definition) is 0. The minimum atomic E-state index is 1.08. The van der Waals surface area contributed by atoms with Crippen LogP contribution < -0.4 is 0 Å². The van der Waals surface area contributed by atoms with Crippen LogP contribution >= 0.6 is 15.9 Å². The summed E-state index contributed by atoms with van der Waals surface area (Å²) in [5.74, 6) is 0. The summed E-state index contributed by atoms with van der Waals surface area (Å²) in [5.41, 5.74) is 5.35. The molecule has 0 atom stereocenters. The second-order valence-corrected chi connectivity index (χ2v) is 4.94. The van der Waals surface area contributed by atoms with Crippen LogP contribution in [-0.4, -0.2) is 0 Å². The molecule has 3 rings (SSSR count). The van der Waals surface area contributed by atoms with E-state index in [0.717, 1.165) is 10.9 Å². The van der Waals surface area contributed by atoms with Crippen molar-refractivity contribution < 1.29 is 0 Å². The van der Waals surface area contributed by atoms with E-state index in [1.807, 2.05) is 0 Å². The second-order valence-electron chi connectivity index (χ2n) is 4.03. The van der Waals surface area contributed by atoms with Crippen molar-refractivity contribution in [1.82, 2.24) is 0 Å². The number of fused-ring (bicyclic) bond motifs is 1. The normalized spacial score (nSPS) is 12.8. The average Bonchev–Trinajstić information content (AvgIpc) is 2.77. The zero-order valence-corrected chi connectivity index (χ0v) is 10.4. The van der Waals surface area contributed by atoms with Gasteiger partial charge in [0.15, 0.2) is 0 Å². The predicted molar refractivity (Wildman–Crippen MR) is 72.3 cm³/mol. The third-order valence-corrected chi connectivity index (χ3v) is 3.49. The SMILES string of the molecule is Brc1ccc(-c2ccc3c(c2)C=CC3)cc1. The van der Waals surface area contributed by atoms with Gasteiger partial charge in [0.1, 0.15) is 0 Å². The fraction of sp³-hybridized carbons (Fsp3) is 0.0667. The van der Waals surface area contributed by atoms with Crippen LogP contribution in [0.15, 0.2) is 53.0 Å². The molecular formula is C15H11Br. The lowest BCUT2D eigenvalue weighted by Gasteiger charge is -2.05. The number of allylic oxidation sites excluding steroid dienone is 1. The highest BCUT2D eigenvalue weighted by molar-refractivity contribution is 9.10. The van der Waals surface area contributed by atoms with Crippen molar-refractivity contribution in [2.45, 2.75) is 6.42 Å². The number of hydrogen-bond donors (Lipinski definition) is 0. The largest absolute Gasteiger partial charge is 0.0795 e. The topological polar surface area (TPSA) is 0 Å². The van der Waals surface area contributed by atoms with Gasteiger partial charge in [0, 0.05) is 4.47 Å². The molecular weight excluding hydrogens is 260 g/mol. The second kappa shape index (κ2) is 3.91. The Morgan fingerprint density at radius 3 is 2.44 bits per heavy atom. The molecule has 0 radical (unpaired) electrons. The minimum Gasteiger partial charge on any atom is -0.0795 e. The fourth-order valence-electron chi connectivity index (χ4n) is 2.07. The van der Waals surface area contributed by atoms with Crippen molar-refractivity contribution in [2.24, 2.45) is 0 Å². The summed E-state index contributed by atoms with van der Waals surface area (Å²) in [5, 5.41) is 0. The molecule has 2 aromatic carbocycles. The highest BCUT2D eigenvalue weighted by Gasteiger charge is 2.06. The molecule has 2 aromatic rings. The van der Waals surface area contributed by atoms with E-state index in [2.05, 4.69) is 70.5 Å². The van der Waals surface area contributed by atoms with Crippen LogP contribution in [0.25, 0.3) is 17.2 Å². The zero-order chi connectivity index (χ0) is 11.0.